The lowest BCUT2D eigenvalue weighted by molar-refractivity contribution is -0.139. The minimum absolute atomic E-state index is 0.164. The minimum atomic E-state index is -0.288. The van der Waals surface area contributed by atoms with Gasteiger partial charge >= 0.3 is 0 Å². The van der Waals surface area contributed by atoms with Crippen molar-refractivity contribution in [3.05, 3.63) is 47.8 Å². The first-order valence-corrected chi connectivity index (χ1v) is 8.26. The van der Waals surface area contributed by atoms with E-state index in [0.717, 1.165) is 16.3 Å². The molecule has 0 radical (unpaired) electrons. The Kier molecular flexibility index (Phi) is 4.26. The fourth-order valence-electron chi connectivity index (χ4n) is 3.75. The van der Waals surface area contributed by atoms with E-state index in [-0.39, 0.29) is 36.0 Å². The maximum absolute atomic E-state index is 12.7. The van der Waals surface area contributed by atoms with Gasteiger partial charge in [0.05, 0.1) is 18.4 Å². The van der Waals surface area contributed by atoms with Crippen molar-refractivity contribution in [3.63, 3.8) is 0 Å². The number of hydrogen-bond acceptors (Lipinski definition) is 3. The zero-order chi connectivity index (χ0) is 17.4. The number of ketones is 1. The summed E-state index contributed by atoms with van der Waals surface area (Å²) in [6, 6.07) is 1.82. The van der Waals surface area contributed by atoms with Gasteiger partial charge in [-0.2, -0.15) is 0 Å². The molecule has 5 heteroatoms. The van der Waals surface area contributed by atoms with Gasteiger partial charge in [0.2, 0.25) is 11.8 Å². The number of rotatable bonds is 5. The Balaban J connectivity index is 1.81. The normalized spacial score (nSPS) is 22.8. The predicted octanol–water partition coefficient (Wildman–Crippen LogP) is 2.42. The average Bonchev–Trinajstić information content (AvgIpc) is 2.99. The summed E-state index contributed by atoms with van der Waals surface area (Å²) in [5, 5.41) is 0. The molecule has 5 nitrogen and oxygen atoms in total. The fraction of sp³-hybridized carbons (Fsp3) is 0.421. The zero-order valence-electron chi connectivity index (χ0n) is 14.1. The Morgan fingerprint density at radius 3 is 2.33 bits per heavy atom. The van der Waals surface area contributed by atoms with Crippen molar-refractivity contribution in [2.75, 3.05) is 6.54 Å². The molecule has 0 unspecified atom stereocenters. The van der Waals surface area contributed by atoms with E-state index < -0.39 is 0 Å². The molecule has 1 saturated heterocycles. The Hall–Kier alpha value is -2.43. The summed E-state index contributed by atoms with van der Waals surface area (Å²) in [4.78, 5) is 38.8. The zero-order valence-corrected chi connectivity index (χ0v) is 14.1. The molecule has 0 spiro atoms. The van der Waals surface area contributed by atoms with Crippen molar-refractivity contribution in [2.24, 2.45) is 11.8 Å². The Morgan fingerprint density at radius 1 is 1.21 bits per heavy atom. The molecule has 0 bridgehead atoms. The second-order valence-corrected chi connectivity index (χ2v) is 6.53. The van der Waals surface area contributed by atoms with Crippen LogP contribution in [0.2, 0.25) is 0 Å². The third-order valence-corrected chi connectivity index (χ3v) is 5.09. The van der Waals surface area contributed by atoms with Crippen LogP contribution in [0.3, 0.4) is 0 Å². The number of amides is 2. The number of Topliss-reactive ketones (excluding diaryl/α,β-unsaturated/α-hetero) is 1. The van der Waals surface area contributed by atoms with Crippen molar-refractivity contribution in [3.8, 4) is 0 Å². The molecule has 1 fully saturated rings. The largest absolute Gasteiger partial charge is 0.345 e. The van der Waals surface area contributed by atoms with Gasteiger partial charge in [0.15, 0.2) is 5.78 Å². The fourth-order valence-corrected chi connectivity index (χ4v) is 3.75. The summed E-state index contributed by atoms with van der Waals surface area (Å²) >= 11 is 0. The molecule has 1 aromatic heterocycles. The van der Waals surface area contributed by atoms with Gasteiger partial charge in [-0.05, 0) is 32.8 Å². The molecule has 0 aromatic carbocycles. The molecule has 0 saturated carbocycles. The topological polar surface area (TPSA) is 59.4 Å². The van der Waals surface area contributed by atoms with Gasteiger partial charge in [0.1, 0.15) is 0 Å². The molecular weight excluding hydrogens is 304 g/mol. The average molecular weight is 326 g/mol. The minimum Gasteiger partial charge on any atom is -0.345 e. The van der Waals surface area contributed by atoms with Crippen LogP contribution in [0.5, 0.6) is 0 Å². The quantitative estimate of drug-likeness (QED) is 0.474. The van der Waals surface area contributed by atoms with Crippen molar-refractivity contribution in [2.45, 2.75) is 33.2 Å². The first-order chi connectivity index (χ1) is 11.5. The molecule has 2 atom stereocenters. The lowest BCUT2D eigenvalue weighted by Gasteiger charge is -2.14. The summed E-state index contributed by atoms with van der Waals surface area (Å²) < 4.78 is 2.00. The molecule has 1 aromatic rings. The highest BCUT2D eigenvalue weighted by Gasteiger charge is 2.47. The SMILES string of the molecule is C=CCn1c(C)cc(C(=O)CN2C(=O)[C@@H]3CC=CC[C@H]3C2=O)c1C. The van der Waals surface area contributed by atoms with Crippen molar-refractivity contribution >= 4 is 17.6 Å². The van der Waals surface area contributed by atoms with E-state index in [2.05, 4.69) is 6.58 Å². The third kappa shape index (κ3) is 2.54. The first-order valence-electron chi connectivity index (χ1n) is 8.26. The number of nitrogens with zero attached hydrogens (tertiary/aromatic N) is 2. The monoisotopic (exact) mass is 326 g/mol. The maximum atomic E-state index is 12.7. The highest BCUT2D eigenvalue weighted by atomic mass is 16.2. The Labute approximate surface area is 141 Å². The van der Waals surface area contributed by atoms with Crippen LogP contribution in [0.15, 0.2) is 30.9 Å². The second-order valence-electron chi connectivity index (χ2n) is 6.53. The van der Waals surface area contributed by atoms with Gasteiger partial charge in [-0.25, -0.2) is 0 Å². The van der Waals surface area contributed by atoms with Gasteiger partial charge in [-0.3, -0.25) is 19.3 Å². The van der Waals surface area contributed by atoms with E-state index in [1.165, 1.54) is 0 Å². The van der Waals surface area contributed by atoms with E-state index in [1.54, 1.807) is 6.08 Å². The van der Waals surface area contributed by atoms with Crippen LogP contribution in [0, 0.1) is 25.7 Å². The Bertz CT molecular complexity index is 731. The first kappa shape index (κ1) is 16.4. The van der Waals surface area contributed by atoms with Gasteiger partial charge in [0.25, 0.3) is 0 Å². The number of aromatic nitrogens is 1. The number of imide groups is 1. The molecule has 2 heterocycles. The maximum Gasteiger partial charge on any atom is 0.233 e. The lowest BCUT2D eigenvalue weighted by Crippen LogP contribution is -2.36. The van der Waals surface area contributed by atoms with E-state index in [9.17, 15) is 14.4 Å². The van der Waals surface area contributed by atoms with E-state index in [4.69, 9.17) is 0 Å². The number of carbonyl (C=O) groups excluding carboxylic acids is 3. The van der Waals surface area contributed by atoms with Crippen molar-refractivity contribution in [1.29, 1.82) is 0 Å². The molecule has 0 N–H and O–H groups in total. The molecule has 2 amide bonds. The van der Waals surface area contributed by atoms with Crippen molar-refractivity contribution < 1.29 is 14.4 Å². The number of carbonyl (C=O) groups is 3. The summed E-state index contributed by atoms with van der Waals surface area (Å²) in [5.74, 6) is -1.18. The molecule has 24 heavy (non-hydrogen) atoms. The van der Waals surface area contributed by atoms with Gasteiger partial charge < -0.3 is 4.57 Å². The molecule has 1 aliphatic carbocycles. The number of aryl methyl sites for hydroxylation is 1. The van der Waals surface area contributed by atoms with Gasteiger partial charge in [0, 0.05) is 23.5 Å². The molecule has 2 aliphatic rings. The van der Waals surface area contributed by atoms with E-state index in [1.807, 2.05) is 36.6 Å². The molecular formula is C19H22N2O3. The number of fused-ring (bicyclic) bond motifs is 1. The smallest absolute Gasteiger partial charge is 0.233 e. The van der Waals surface area contributed by atoms with Crippen LogP contribution in [0.1, 0.15) is 34.6 Å². The third-order valence-electron chi connectivity index (χ3n) is 5.09. The summed E-state index contributed by atoms with van der Waals surface area (Å²) in [7, 11) is 0. The summed E-state index contributed by atoms with van der Waals surface area (Å²) in [6.07, 6.45) is 6.85. The molecule has 126 valence electrons. The van der Waals surface area contributed by atoms with Crippen LogP contribution in [-0.4, -0.2) is 33.6 Å². The highest BCUT2D eigenvalue weighted by molar-refractivity contribution is 6.10. The standard InChI is InChI=1S/C19H22N2O3/c1-4-9-20-12(2)10-16(13(20)3)17(22)11-21-18(23)14-7-5-6-8-15(14)19(21)24/h4-6,10,14-15H,1,7-9,11H2,2-3H3/t14-,15-/m1/s1. The van der Waals surface area contributed by atoms with Gasteiger partial charge in [-0.1, -0.05) is 18.2 Å². The van der Waals surface area contributed by atoms with Crippen LogP contribution >= 0.6 is 0 Å². The highest BCUT2D eigenvalue weighted by Crippen LogP contribution is 2.35. The molecule has 1 aliphatic heterocycles. The summed E-state index contributed by atoms with van der Waals surface area (Å²) in [6.45, 7) is 8.00. The van der Waals surface area contributed by atoms with Crippen molar-refractivity contribution in [1.82, 2.24) is 9.47 Å². The van der Waals surface area contributed by atoms with E-state index >= 15 is 0 Å². The lowest BCUT2D eigenvalue weighted by atomic mass is 9.85. The number of likely N-dealkylation sites (tertiary alicyclic amines) is 1. The van der Waals surface area contributed by atoms with E-state index in [0.29, 0.717) is 24.9 Å². The Morgan fingerprint density at radius 2 is 1.79 bits per heavy atom. The van der Waals surface area contributed by atoms with Crippen LogP contribution in [0.25, 0.3) is 0 Å². The number of hydrogen-bond donors (Lipinski definition) is 0. The molecule has 3 rings (SSSR count). The number of allylic oxidation sites excluding steroid dienone is 3. The summed E-state index contributed by atoms with van der Waals surface area (Å²) in [5.41, 5.74) is 2.38. The predicted molar refractivity (Wildman–Crippen MR) is 90.5 cm³/mol. The van der Waals surface area contributed by atoms with Crippen LogP contribution in [0.4, 0.5) is 0 Å². The second kappa shape index (κ2) is 6.23. The van der Waals surface area contributed by atoms with Crippen LogP contribution in [-0.2, 0) is 16.1 Å². The van der Waals surface area contributed by atoms with Crippen LogP contribution < -0.4 is 0 Å². The van der Waals surface area contributed by atoms with Gasteiger partial charge in [-0.15, -0.1) is 6.58 Å².